The molecular formula is C50H96N2O5. The average molecular weight is 805 g/mol. The largest absolute Gasteiger partial charge is 0.466 e. The first-order valence-corrected chi connectivity index (χ1v) is 25.2. The second-order valence-electron chi connectivity index (χ2n) is 17.9. The first-order valence-electron chi connectivity index (χ1n) is 25.2. The number of rotatable bonds is 41. The number of nitrogens with zero attached hydrogens (tertiary/aromatic N) is 1. The fourth-order valence-electron chi connectivity index (χ4n) is 8.68. The SMILES string of the molecule is CCCCCC(CCCCC)CCOC(=O)CCCCCCCC(CCCCCCCC(=O)OCCC(CCCCC)CCCCC)NC(=O)CN1CCCCC1. The molecule has 336 valence electrons. The van der Waals surface area contributed by atoms with Gasteiger partial charge in [0.25, 0.3) is 0 Å². The fourth-order valence-corrected chi connectivity index (χ4v) is 8.68. The van der Waals surface area contributed by atoms with Crippen LogP contribution >= 0.6 is 0 Å². The number of nitrogens with one attached hydrogen (secondary N) is 1. The molecule has 1 aliphatic rings. The quantitative estimate of drug-likeness (QED) is 0.0489. The summed E-state index contributed by atoms with van der Waals surface area (Å²) in [7, 11) is 0. The van der Waals surface area contributed by atoms with Gasteiger partial charge in [-0.1, -0.05) is 188 Å². The van der Waals surface area contributed by atoms with Gasteiger partial charge in [-0.25, -0.2) is 0 Å². The van der Waals surface area contributed by atoms with Gasteiger partial charge in [-0.3, -0.25) is 19.3 Å². The Balaban J connectivity index is 2.30. The fraction of sp³-hybridized carbons (Fsp3) is 0.940. The van der Waals surface area contributed by atoms with E-state index in [-0.39, 0.29) is 23.9 Å². The molecule has 7 heteroatoms. The molecule has 0 aliphatic carbocycles. The van der Waals surface area contributed by atoms with Crippen LogP contribution in [0.4, 0.5) is 0 Å². The minimum atomic E-state index is -0.0260. The van der Waals surface area contributed by atoms with Crippen molar-refractivity contribution in [1.82, 2.24) is 10.2 Å². The van der Waals surface area contributed by atoms with Gasteiger partial charge in [-0.15, -0.1) is 0 Å². The van der Waals surface area contributed by atoms with Crippen LogP contribution in [0.5, 0.6) is 0 Å². The maximum atomic E-state index is 13.0. The van der Waals surface area contributed by atoms with Gasteiger partial charge in [0.2, 0.25) is 5.91 Å². The lowest BCUT2D eigenvalue weighted by Gasteiger charge is -2.27. The Morgan fingerprint density at radius 1 is 0.456 bits per heavy atom. The van der Waals surface area contributed by atoms with E-state index in [1.807, 2.05) is 0 Å². The molecule has 0 aromatic heterocycles. The van der Waals surface area contributed by atoms with E-state index in [9.17, 15) is 14.4 Å². The number of likely N-dealkylation sites (tertiary alicyclic amines) is 1. The van der Waals surface area contributed by atoms with Gasteiger partial charge in [-0.05, 0) is 76.3 Å². The lowest BCUT2D eigenvalue weighted by atomic mass is 9.92. The number of carbonyl (C=O) groups excluding carboxylic acids is 3. The number of esters is 2. The molecule has 1 saturated heterocycles. The lowest BCUT2D eigenvalue weighted by Crippen LogP contribution is -2.43. The van der Waals surface area contributed by atoms with E-state index in [1.165, 1.54) is 122 Å². The normalized spacial score (nSPS) is 13.5. The Morgan fingerprint density at radius 2 is 0.825 bits per heavy atom. The van der Waals surface area contributed by atoms with Crippen LogP contribution < -0.4 is 5.32 Å². The molecule has 1 aliphatic heterocycles. The van der Waals surface area contributed by atoms with Crippen LogP contribution in [0.25, 0.3) is 0 Å². The number of unbranched alkanes of at least 4 members (excludes halogenated alkanes) is 16. The highest BCUT2D eigenvalue weighted by molar-refractivity contribution is 5.78. The van der Waals surface area contributed by atoms with Crippen molar-refractivity contribution in [3.63, 3.8) is 0 Å². The van der Waals surface area contributed by atoms with E-state index in [0.717, 1.165) is 103 Å². The van der Waals surface area contributed by atoms with Crippen molar-refractivity contribution in [2.24, 2.45) is 11.8 Å². The van der Waals surface area contributed by atoms with Crippen molar-refractivity contribution in [1.29, 1.82) is 0 Å². The Labute approximate surface area is 354 Å². The van der Waals surface area contributed by atoms with Gasteiger partial charge in [0, 0.05) is 18.9 Å². The number of piperidine rings is 1. The zero-order valence-corrected chi connectivity index (χ0v) is 38.5. The third-order valence-corrected chi connectivity index (χ3v) is 12.5. The number of hydrogen-bond acceptors (Lipinski definition) is 6. The molecule has 1 N–H and O–H groups in total. The molecule has 1 heterocycles. The smallest absolute Gasteiger partial charge is 0.305 e. The maximum Gasteiger partial charge on any atom is 0.305 e. The molecule has 1 amide bonds. The number of hydrogen-bond donors (Lipinski definition) is 1. The Morgan fingerprint density at radius 3 is 1.23 bits per heavy atom. The molecule has 57 heavy (non-hydrogen) atoms. The highest BCUT2D eigenvalue weighted by atomic mass is 16.5. The van der Waals surface area contributed by atoms with Gasteiger partial charge < -0.3 is 14.8 Å². The summed E-state index contributed by atoms with van der Waals surface area (Å²) in [6, 6.07) is 0.229. The predicted octanol–water partition coefficient (Wildman–Crippen LogP) is 13.8. The number of ether oxygens (including phenoxy) is 2. The summed E-state index contributed by atoms with van der Waals surface area (Å²) in [6.45, 7) is 12.8. The lowest BCUT2D eigenvalue weighted by molar-refractivity contribution is -0.145. The zero-order chi connectivity index (χ0) is 41.4. The molecule has 0 saturated carbocycles. The topological polar surface area (TPSA) is 84.9 Å². The summed E-state index contributed by atoms with van der Waals surface area (Å²) in [5.41, 5.74) is 0. The molecular weight excluding hydrogens is 709 g/mol. The van der Waals surface area contributed by atoms with Gasteiger partial charge in [0.05, 0.1) is 19.8 Å². The van der Waals surface area contributed by atoms with Gasteiger partial charge in [0.15, 0.2) is 0 Å². The third-order valence-electron chi connectivity index (χ3n) is 12.5. The molecule has 0 spiro atoms. The van der Waals surface area contributed by atoms with Crippen molar-refractivity contribution in [2.75, 3.05) is 32.8 Å². The number of amides is 1. The van der Waals surface area contributed by atoms with E-state index >= 15 is 0 Å². The Bertz CT molecular complexity index is 846. The van der Waals surface area contributed by atoms with Gasteiger partial charge >= 0.3 is 11.9 Å². The second-order valence-corrected chi connectivity index (χ2v) is 17.9. The monoisotopic (exact) mass is 805 g/mol. The minimum Gasteiger partial charge on any atom is -0.466 e. The summed E-state index contributed by atoms with van der Waals surface area (Å²) in [4.78, 5) is 40.2. The summed E-state index contributed by atoms with van der Waals surface area (Å²) in [6.07, 6.45) is 40.0. The molecule has 1 rings (SSSR count). The van der Waals surface area contributed by atoms with Crippen LogP contribution in [-0.4, -0.2) is 61.6 Å². The maximum absolute atomic E-state index is 13.0. The first-order chi connectivity index (χ1) is 27.9. The van der Waals surface area contributed by atoms with Crippen LogP contribution in [0.3, 0.4) is 0 Å². The van der Waals surface area contributed by atoms with Crippen LogP contribution in [-0.2, 0) is 23.9 Å². The van der Waals surface area contributed by atoms with Crippen LogP contribution in [0.1, 0.15) is 252 Å². The van der Waals surface area contributed by atoms with Crippen LogP contribution in [0.2, 0.25) is 0 Å². The van der Waals surface area contributed by atoms with Crippen LogP contribution in [0.15, 0.2) is 0 Å². The van der Waals surface area contributed by atoms with Crippen molar-refractivity contribution >= 4 is 17.8 Å². The van der Waals surface area contributed by atoms with Gasteiger partial charge in [0.1, 0.15) is 0 Å². The summed E-state index contributed by atoms with van der Waals surface area (Å²) < 4.78 is 11.3. The molecule has 0 atom stereocenters. The second kappa shape index (κ2) is 39.8. The first kappa shape index (κ1) is 53.4. The van der Waals surface area contributed by atoms with E-state index in [0.29, 0.717) is 44.4 Å². The van der Waals surface area contributed by atoms with Crippen molar-refractivity contribution in [2.45, 2.75) is 258 Å². The molecule has 0 unspecified atom stereocenters. The summed E-state index contributed by atoms with van der Waals surface area (Å²) >= 11 is 0. The highest BCUT2D eigenvalue weighted by Crippen LogP contribution is 2.23. The summed E-state index contributed by atoms with van der Waals surface area (Å²) in [5, 5.41) is 3.41. The molecule has 0 bridgehead atoms. The van der Waals surface area contributed by atoms with E-state index in [4.69, 9.17) is 9.47 Å². The standard InChI is InChI=1S/C50H96N2O5/c1-5-9-20-30-45(31-21-10-6-2)38-42-56-49(54)36-26-17-13-15-24-34-47(51-48(53)44-52-40-28-19-29-41-52)35-25-16-14-18-27-37-50(55)57-43-39-46(32-22-11-7-3)33-23-12-8-4/h45-47H,5-44H2,1-4H3,(H,51,53). The number of carbonyl (C=O) groups is 3. The molecule has 7 nitrogen and oxygen atoms in total. The Kier molecular flexibility index (Phi) is 37.3. The third kappa shape index (κ3) is 33.9. The molecule has 0 aromatic carbocycles. The van der Waals surface area contributed by atoms with Gasteiger partial charge in [-0.2, -0.15) is 0 Å². The minimum absolute atomic E-state index is 0.0260. The predicted molar refractivity (Wildman–Crippen MR) is 242 cm³/mol. The van der Waals surface area contributed by atoms with E-state index in [1.54, 1.807) is 0 Å². The van der Waals surface area contributed by atoms with E-state index in [2.05, 4.69) is 37.9 Å². The average Bonchev–Trinajstić information content (AvgIpc) is 3.20. The van der Waals surface area contributed by atoms with Crippen molar-refractivity contribution in [3.05, 3.63) is 0 Å². The molecule has 1 fully saturated rings. The molecule has 0 radical (unpaired) electrons. The highest BCUT2D eigenvalue weighted by Gasteiger charge is 2.18. The Hall–Kier alpha value is -1.63. The van der Waals surface area contributed by atoms with E-state index < -0.39 is 0 Å². The zero-order valence-electron chi connectivity index (χ0n) is 38.5. The molecule has 0 aromatic rings. The van der Waals surface area contributed by atoms with Crippen molar-refractivity contribution < 1.29 is 23.9 Å². The van der Waals surface area contributed by atoms with Crippen LogP contribution in [0, 0.1) is 11.8 Å². The summed E-state index contributed by atoms with van der Waals surface area (Å²) in [5.74, 6) is 1.53. The van der Waals surface area contributed by atoms with Crippen molar-refractivity contribution in [3.8, 4) is 0 Å².